The SMILES string of the molecule is CCCc1noc(CCCC(=O)N2CCN(C(=O)Cc3ccc(F)cc3)CC2)n1. The molecule has 0 saturated carbocycles. The van der Waals surface area contributed by atoms with Gasteiger partial charge in [-0.2, -0.15) is 4.98 Å². The number of carbonyl (C=O) groups excluding carboxylic acids is 2. The number of halogens is 1. The first-order valence-corrected chi connectivity index (χ1v) is 10.2. The van der Waals surface area contributed by atoms with Gasteiger partial charge in [-0.05, 0) is 30.5 Å². The summed E-state index contributed by atoms with van der Waals surface area (Å²) in [5, 5.41) is 3.92. The number of carbonyl (C=O) groups is 2. The van der Waals surface area contributed by atoms with E-state index in [1.807, 2.05) is 0 Å². The predicted molar refractivity (Wildman–Crippen MR) is 104 cm³/mol. The second-order valence-corrected chi connectivity index (χ2v) is 7.27. The number of nitrogens with zero attached hydrogens (tertiary/aromatic N) is 4. The molecule has 1 aliphatic rings. The van der Waals surface area contributed by atoms with Crippen molar-refractivity contribution < 1.29 is 18.5 Å². The lowest BCUT2D eigenvalue weighted by Gasteiger charge is -2.35. The van der Waals surface area contributed by atoms with Crippen LogP contribution in [-0.4, -0.2) is 57.9 Å². The molecule has 156 valence electrons. The third-order valence-corrected chi connectivity index (χ3v) is 5.02. The zero-order valence-corrected chi connectivity index (χ0v) is 16.8. The minimum absolute atomic E-state index is 0.00276. The third-order valence-electron chi connectivity index (χ3n) is 5.02. The Morgan fingerprint density at radius 3 is 2.34 bits per heavy atom. The normalized spacial score (nSPS) is 14.3. The maximum atomic E-state index is 13.0. The van der Waals surface area contributed by atoms with E-state index in [0.29, 0.717) is 51.3 Å². The van der Waals surface area contributed by atoms with E-state index in [9.17, 15) is 14.0 Å². The van der Waals surface area contributed by atoms with Crippen LogP contribution in [0.25, 0.3) is 0 Å². The van der Waals surface area contributed by atoms with Crippen molar-refractivity contribution in [3.05, 3.63) is 47.4 Å². The highest BCUT2D eigenvalue weighted by molar-refractivity contribution is 5.80. The monoisotopic (exact) mass is 402 g/mol. The molecule has 1 aliphatic heterocycles. The molecule has 3 rings (SSSR count). The van der Waals surface area contributed by atoms with Gasteiger partial charge in [0.1, 0.15) is 5.82 Å². The molecule has 8 heteroatoms. The summed E-state index contributed by atoms with van der Waals surface area (Å²) in [7, 11) is 0. The van der Waals surface area contributed by atoms with E-state index in [1.54, 1.807) is 21.9 Å². The van der Waals surface area contributed by atoms with Crippen LogP contribution in [0.3, 0.4) is 0 Å². The molecule has 2 amide bonds. The largest absolute Gasteiger partial charge is 0.339 e. The Kier molecular flexibility index (Phi) is 7.32. The molecule has 1 fully saturated rings. The lowest BCUT2D eigenvalue weighted by Crippen LogP contribution is -2.51. The first-order valence-electron chi connectivity index (χ1n) is 10.2. The number of piperazine rings is 1. The van der Waals surface area contributed by atoms with Gasteiger partial charge < -0.3 is 14.3 Å². The van der Waals surface area contributed by atoms with Crippen LogP contribution in [0.4, 0.5) is 4.39 Å². The molecule has 1 saturated heterocycles. The first kappa shape index (κ1) is 21.0. The Labute approximate surface area is 169 Å². The highest BCUT2D eigenvalue weighted by atomic mass is 19.1. The summed E-state index contributed by atoms with van der Waals surface area (Å²) in [4.78, 5) is 32.7. The van der Waals surface area contributed by atoms with Gasteiger partial charge in [0.05, 0.1) is 6.42 Å². The fourth-order valence-electron chi connectivity index (χ4n) is 3.36. The van der Waals surface area contributed by atoms with E-state index >= 15 is 0 Å². The van der Waals surface area contributed by atoms with E-state index in [0.717, 1.165) is 24.2 Å². The first-order chi connectivity index (χ1) is 14.0. The van der Waals surface area contributed by atoms with Crippen LogP contribution in [0, 0.1) is 5.82 Å². The fourth-order valence-corrected chi connectivity index (χ4v) is 3.36. The van der Waals surface area contributed by atoms with Gasteiger partial charge in [0.15, 0.2) is 5.82 Å². The highest BCUT2D eigenvalue weighted by Gasteiger charge is 2.24. The molecule has 0 atom stereocenters. The lowest BCUT2D eigenvalue weighted by atomic mass is 10.1. The molecule has 2 aromatic rings. The van der Waals surface area contributed by atoms with Crippen molar-refractivity contribution in [3.8, 4) is 0 Å². The van der Waals surface area contributed by atoms with Crippen molar-refractivity contribution in [1.29, 1.82) is 0 Å². The minimum atomic E-state index is -0.311. The zero-order chi connectivity index (χ0) is 20.6. The zero-order valence-electron chi connectivity index (χ0n) is 16.8. The van der Waals surface area contributed by atoms with Gasteiger partial charge in [-0.15, -0.1) is 0 Å². The average Bonchev–Trinajstić information content (AvgIpc) is 3.17. The van der Waals surface area contributed by atoms with Crippen LogP contribution in [0.2, 0.25) is 0 Å². The van der Waals surface area contributed by atoms with Gasteiger partial charge in [-0.25, -0.2) is 4.39 Å². The van der Waals surface area contributed by atoms with Gasteiger partial charge in [0.2, 0.25) is 17.7 Å². The molecule has 0 unspecified atom stereocenters. The second kappa shape index (κ2) is 10.1. The maximum absolute atomic E-state index is 13.0. The third kappa shape index (κ3) is 6.10. The van der Waals surface area contributed by atoms with Gasteiger partial charge in [0, 0.05) is 45.4 Å². The summed E-state index contributed by atoms with van der Waals surface area (Å²) in [6.45, 7) is 4.18. The molecule has 1 aromatic heterocycles. The Morgan fingerprint density at radius 1 is 1.03 bits per heavy atom. The van der Waals surface area contributed by atoms with Crippen molar-refractivity contribution in [2.75, 3.05) is 26.2 Å². The fraction of sp³-hybridized carbons (Fsp3) is 0.524. The molecule has 0 aliphatic carbocycles. The molecular weight excluding hydrogens is 375 g/mol. The van der Waals surface area contributed by atoms with E-state index < -0.39 is 0 Å². The summed E-state index contributed by atoms with van der Waals surface area (Å²) in [6, 6.07) is 5.97. The molecule has 1 aromatic carbocycles. The number of amides is 2. The van der Waals surface area contributed by atoms with Crippen LogP contribution in [0.15, 0.2) is 28.8 Å². The summed E-state index contributed by atoms with van der Waals surface area (Å²) in [5.74, 6) is 1.08. The number of rotatable bonds is 8. The summed E-state index contributed by atoms with van der Waals surface area (Å²) in [5.41, 5.74) is 0.790. The van der Waals surface area contributed by atoms with Crippen molar-refractivity contribution in [3.63, 3.8) is 0 Å². The summed E-state index contributed by atoms with van der Waals surface area (Å²) in [6.07, 6.45) is 3.70. The predicted octanol–water partition coefficient (Wildman–Crippen LogP) is 2.40. The van der Waals surface area contributed by atoms with Crippen LogP contribution in [-0.2, 0) is 28.9 Å². The number of benzene rings is 1. The number of aryl methyl sites for hydroxylation is 2. The maximum Gasteiger partial charge on any atom is 0.227 e. The van der Waals surface area contributed by atoms with Gasteiger partial charge >= 0.3 is 0 Å². The van der Waals surface area contributed by atoms with Crippen molar-refractivity contribution >= 4 is 11.8 Å². The Bertz CT molecular complexity index is 814. The highest BCUT2D eigenvalue weighted by Crippen LogP contribution is 2.11. The number of hydrogen-bond donors (Lipinski definition) is 0. The molecule has 0 N–H and O–H groups in total. The van der Waals surface area contributed by atoms with Crippen LogP contribution in [0.5, 0.6) is 0 Å². The van der Waals surface area contributed by atoms with Gasteiger partial charge in [0.25, 0.3) is 0 Å². The van der Waals surface area contributed by atoms with Gasteiger partial charge in [-0.3, -0.25) is 9.59 Å². The number of hydrogen-bond acceptors (Lipinski definition) is 5. The van der Waals surface area contributed by atoms with Crippen molar-refractivity contribution in [2.24, 2.45) is 0 Å². The standard InChI is InChI=1S/C21H27FN4O3/c1-2-4-18-23-19(29-24-18)5-3-6-20(27)25-11-13-26(14-12-25)21(28)15-16-7-9-17(22)10-8-16/h7-10H,2-6,11-15H2,1H3. The quantitative estimate of drug-likeness (QED) is 0.677. The van der Waals surface area contributed by atoms with Crippen LogP contribution in [0.1, 0.15) is 43.5 Å². The van der Waals surface area contributed by atoms with Crippen molar-refractivity contribution in [1.82, 2.24) is 19.9 Å². The molecule has 2 heterocycles. The molecule has 0 radical (unpaired) electrons. The molecule has 0 bridgehead atoms. The average molecular weight is 402 g/mol. The van der Waals surface area contributed by atoms with Crippen LogP contribution >= 0.6 is 0 Å². The topological polar surface area (TPSA) is 79.5 Å². The Hall–Kier alpha value is -2.77. The minimum Gasteiger partial charge on any atom is -0.339 e. The van der Waals surface area contributed by atoms with Gasteiger partial charge in [-0.1, -0.05) is 24.2 Å². The Morgan fingerprint density at radius 2 is 1.69 bits per heavy atom. The Balaban J connectivity index is 1.37. The molecule has 7 nitrogen and oxygen atoms in total. The molecule has 0 spiro atoms. The lowest BCUT2D eigenvalue weighted by molar-refractivity contribution is -0.139. The summed E-state index contributed by atoms with van der Waals surface area (Å²) < 4.78 is 18.2. The molecular formula is C21H27FN4O3. The van der Waals surface area contributed by atoms with E-state index in [-0.39, 0.29) is 24.1 Å². The second-order valence-electron chi connectivity index (χ2n) is 7.27. The van der Waals surface area contributed by atoms with Crippen molar-refractivity contribution in [2.45, 2.75) is 45.4 Å². The van der Waals surface area contributed by atoms with E-state index in [1.165, 1.54) is 12.1 Å². The van der Waals surface area contributed by atoms with E-state index in [4.69, 9.17) is 4.52 Å². The summed E-state index contributed by atoms with van der Waals surface area (Å²) >= 11 is 0. The number of aromatic nitrogens is 2. The van der Waals surface area contributed by atoms with E-state index in [2.05, 4.69) is 17.1 Å². The van der Waals surface area contributed by atoms with Crippen LogP contribution < -0.4 is 0 Å². The smallest absolute Gasteiger partial charge is 0.227 e. The molecule has 29 heavy (non-hydrogen) atoms.